The Kier molecular flexibility index (Phi) is 4.25. The maximum absolute atomic E-state index is 12.5. The van der Waals surface area contributed by atoms with Gasteiger partial charge in [0.05, 0.1) is 6.04 Å². The quantitative estimate of drug-likeness (QED) is 0.832. The zero-order chi connectivity index (χ0) is 14.7. The lowest BCUT2D eigenvalue weighted by Crippen LogP contribution is -2.34. The monoisotopic (exact) mass is 344 g/mol. The van der Waals surface area contributed by atoms with Gasteiger partial charge in [-0.1, -0.05) is 52.3 Å². The Balaban J connectivity index is 1.78. The van der Waals surface area contributed by atoms with Gasteiger partial charge in [0.1, 0.15) is 0 Å². The summed E-state index contributed by atoms with van der Waals surface area (Å²) < 4.78 is 1.06. The third-order valence-electron chi connectivity index (χ3n) is 3.80. The van der Waals surface area contributed by atoms with E-state index in [-0.39, 0.29) is 12.1 Å². The highest BCUT2D eigenvalue weighted by atomic mass is 79.9. The number of halogens is 1. The molecule has 0 saturated carbocycles. The Bertz CT molecular complexity index is 630. The third-order valence-corrected chi connectivity index (χ3v) is 4.53. The molecule has 1 aliphatic rings. The van der Waals surface area contributed by atoms with E-state index in [0.717, 1.165) is 29.5 Å². The molecule has 3 rings (SSSR count). The minimum absolute atomic E-state index is 0.0283. The first-order valence-corrected chi connectivity index (χ1v) is 7.92. The van der Waals surface area contributed by atoms with Crippen LogP contribution in [0.25, 0.3) is 0 Å². The van der Waals surface area contributed by atoms with Crippen molar-refractivity contribution in [2.24, 2.45) is 0 Å². The number of rotatable bonds is 2. The van der Waals surface area contributed by atoms with E-state index in [4.69, 9.17) is 0 Å². The molecule has 0 aliphatic carbocycles. The van der Waals surface area contributed by atoms with Crippen molar-refractivity contribution in [3.05, 3.63) is 64.6 Å². The maximum atomic E-state index is 12.5. The summed E-state index contributed by atoms with van der Waals surface area (Å²) in [6, 6.07) is 17.8. The molecule has 108 valence electrons. The van der Waals surface area contributed by atoms with E-state index in [1.54, 1.807) is 0 Å². The molecule has 1 N–H and O–H groups in total. The maximum Gasteiger partial charge on any atom is 0.322 e. The summed E-state index contributed by atoms with van der Waals surface area (Å²) in [6.45, 7) is 0.796. The summed E-state index contributed by atoms with van der Waals surface area (Å²) in [5.41, 5.74) is 2.01. The first-order valence-electron chi connectivity index (χ1n) is 7.13. The van der Waals surface area contributed by atoms with Crippen molar-refractivity contribution in [3.8, 4) is 0 Å². The number of carbonyl (C=O) groups excluding carboxylic acids is 1. The van der Waals surface area contributed by atoms with Gasteiger partial charge in [-0.3, -0.25) is 0 Å². The van der Waals surface area contributed by atoms with E-state index in [1.807, 2.05) is 53.4 Å². The molecular formula is C17H17BrN2O. The molecule has 0 spiro atoms. The molecule has 0 bridgehead atoms. The van der Waals surface area contributed by atoms with Gasteiger partial charge in [-0.2, -0.15) is 0 Å². The predicted octanol–water partition coefficient (Wildman–Crippen LogP) is 4.82. The van der Waals surface area contributed by atoms with Crippen LogP contribution in [0.3, 0.4) is 0 Å². The highest BCUT2D eigenvalue weighted by molar-refractivity contribution is 9.10. The van der Waals surface area contributed by atoms with Gasteiger partial charge < -0.3 is 10.2 Å². The van der Waals surface area contributed by atoms with E-state index in [2.05, 4.69) is 27.3 Å². The Morgan fingerprint density at radius 2 is 1.81 bits per heavy atom. The Morgan fingerprint density at radius 3 is 2.57 bits per heavy atom. The summed E-state index contributed by atoms with van der Waals surface area (Å²) >= 11 is 3.59. The van der Waals surface area contributed by atoms with Crippen LogP contribution in [0, 0.1) is 0 Å². The molecule has 0 aromatic heterocycles. The Labute approximate surface area is 133 Å². The number of urea groups is 1. The number of likely N-dealkylation sites (tertiary alicyclic amines) is 1. The second-order valence-electron chi connectivity index (χ2n) is 5.17. The summed E-state index contributed by atoms with van der Waals surface area (Å²) in [7, 11) is 0. The van der Waals surface area contributed by atoms with Crippen LogP contribution in [0.1, 0.15) is 24.4 Å². The number of para-hydroxylation sites is 1. The average Bonchev–Trinajstić information content (AvgIpc) is 2.98. The fourth-order valence-electron chi connectivity index (χ4n) is 2.80. The summed E-state index contributed by atoms with van der Waals surface area (Å²) in [5.74, 6) is 0. The highest BCUT2D eigenvalue weighted by Crippen LogP contribution is 2.36. The third kappa shape index (κ3) is 3.10. The molecule has 3 nitrogen and oxygen atoms in total. The topological polar surface area (TPSA) is 32.3 Å². The van der Waals surface area contributed by atoms with Gasteiger partial charge in [-0.25, -0.2) is 4.79 Å². The van der Waals surface area contributed by atoms with Crippen LogP contribution >= 0.6 is 15.9 Å². The van der Waals surface area contributed by atoms with Gasteiger partial charge in [-0.15, -0.1) is 0 Å². The molecule has 0 radical (unpaired) electrons. The van der Waals surface area contributed by atoms with Gasteiger partial charge in [-0.05, 0) is 36.6 Å². The number of amides is 2. The van der Waals surface area contributed by atoms with Crippen molar-refractivity contribution in [1.29, 1.82) is 0 Å². The molecule has 1 saturated heterocycles. The fraction of sp³-hybridized carbons (Fsp3) is 0.235. The number of nitrogens with one attached hydrogen (secondary N) is 1. The van der Waals surface area contributed by atoms with E-state index >= 15 is 0 Å². The van der Waals surface area contributed by atoms with Crippen LogP contribution in [-0.2, 0) is 0 Å². The van der Waals surface area contributed by atoms with Gasteiger partial charge in [0.2, 0.25) is 0 Å². The molecule has 1 atom stereocenters. The highest BCUT2D eigenvalue weighted by Gasteiger charge is 2.30. The number of hydrogen-bond acceptors (Lipinski definition) is 1. The molecule has 1 aliphatic heterocycles. The van der Waals surface area contributed by atoms with E-state index in [1.165, 1.54) is 5.56 Å². The minimum atomic E-state index is -0.0283. The standard InChI is InChI=1S/C17H17BrN2O/c18-15-10-5-4-9-14(15)16-11-6-12-20(16)17(21)19-13-7-2-1-3-8-13/h1-5,7-10,16H,6,11-12H2,(H,19,21). The molecule has 21 heavy (non-hydrogen) atoms. The van der Waals surface area contributed by atoms with Gasteiger partial charge in [0.15, 0.2) is 0 Å². The van der Waals surface area contributed by atoms with Crippen molar-refractivity contribution in [3.63, 3.8) is 0 Å². The van der Waals surface area contributed by atoms with Crippen LogP contribution in [0.4, 0.5) is 10.5 Å². The number of carbonyl (C=O) groups is 1. The summed E-state index contributed by atoms with van der Waals surface area (Å²) in [5, 5.41) is 2.97. The zero-order valence-corrected chi connectivity index (χ0v) is 13.2. The minimum Gasteiger partial charge on any atom is -0.317 e. The second kappa shape index (κ2) is 6.31. The Hall–Kier alpha value is -1.81. The average molecular weight is 345 g/mol. The van der Waals surface area contributed by atoms with Gasteiger partial charge >= 0.3 is 6.03 Å². The number of hydrogen-bond donors (Lipinski definition) is 1. The molecule has 2 aromatic rings. The van der Waals surface area contributed by atoms with E-state index < -0.39 is 0 Å². The van der Waals surface area contributed by atoms with Gasteiger partial charge in [0, 0.05) is 16.7 Å². The number of nitrogens with zero attached hydrogens (tertiary/aromatic N) is 1. The van der Waals surface area contributed by atoms with Gasteiger partial charge in [0.25, 0.3) is 0 Å². The fourth-order valence-corrected chi connectivity index (χ4v) is 3.34. The van der Waals surface area contributed by atoms with Crippen molar-refractivity contribution >= 4 is 27.6 Å². The number of benzene rings is 2. The molecule has 4 heteroatoms. The summed E-state index contributed by atoms with van der Waals surface area (Å²) in [4.78, 5) is 14.4. The smallest absolute Gasteiger partial charge is 0.317 e. The van der Waals surface area contributed by atoms with Crippen molar-refractivity contribution in [1.82, 2.24) is 4.90 Å². The first kappa shape index (κ1) is 14.1. The second-order valence-corrected chi connectivity index (χ2v) is 6.02. The number of anilines is 1. The van der Waals surface area contributed by atoms with Crippen LogP contribution < -0.4 is 5.32 Å². The molecule has 1 unspecified atom stereocenters. The first-order chi connectivity index (χ1) is 10.3. The summed E-state index contributed by atoms with van der Waals surface area (Å²) in [6.07, 6.45) is 2.04. The molecule has 2 amide bonds. The molecule has 1 heterocycles. The molecular weight excluding hydrogens is 328 g/mol. The van der Waals surface area contributed by atoms with Crippen LogP contribution in [0.2, 0.25) is 0 Å². The molecule has 2 aromatic carbocycles. The van der Waals surface area contributed by atoms with Crippen LogP contribution in [-0.4, -0.2) is 17.5 Å². The zero-order valence-electron chi connectivity index (χ0n) is 11.6. The normalized spacial score (nSPS) is 17.8. The van der Waals surface area contributed by atoms with Crippen molar-refractivity contribution in [2.45, 2.75) is 18.9 Å². The van der Waals surface area contributed by atoms with Crippen molar-refractivity contribution in [2.75, 3.05) is 11.9 Å². The Morgan fingerprint density at radius 1 is 1.10 bits per heavy atom. The van der Waals surface area contributed by atoms with E-state index in [0.29, 0.717) is 0 Å². The molecule has 1 fully saturated rings. The lowest BCUT2D eigenvalue weighted by molar-refractivity contribution is 0.207. The predicted molar refractivity (Wildman–Crippen MR) is 88.3 cm³/mol. The lowest BCUT2D eigenvalue weighted by atomic mass is 10.1. The van der Waals surface area contributed by atoms with Crippen molar-refractivity contribution < 1.29 is 4.79 Å². The SMILES string of the molecule is O=C(Nc1ccccc1)N1CCCC1c1ccccc1Br. The van der Waals surface area contributed by atoms with E-state index in [9.17, 15) is 4.79 Å². The van der Waals surface area contributed by atoms with Crippen LogP contribution in [0.5, 0.6) is 0 Å². The van der Waals surface area contributed by atoms with Crippen LogP contribution in [0.15, 0.2) is 59.1 Å². The largest absolute Gasteiger partial charge is 0.322 e. The lowest BCUT2D eigenvalue weighted by Gasteiger charge is -2.26.